The van der Waals surface area contributed by atoms with Crippen molar-refractivity contribution >= 4 is 29.6 Å². The molecule has 0 saturated carbocycles. The van der Waals surface area contributed by atoms with E-state index in [1.165, 1.54) is 47.5 Å². The van der Waals surface area contributed by atoms with E-state index in [0.717, 1.165) is 0 Å². The molecule has 0 fully saturated rings. The number of carbonyl (C=O) groups is 3. The molecule has 0 unspecified atom stereocenters. The van der Waals surface area contributed by atoms with Crippen LogP contribution in [0.4, 0.5) is 13.6 Å². The largest absolute Gasteiger partial charge is 0.511 e. The van der Waals surface area contributed by atoms with Crippen LogP contribution < -0.4 is 5.43 Å². The van der Waals surface area contributed by atoms with E-state index in [1.807, 2.05) is 0 Å². The zero-order valence-corrected chi connectivity index (χ0v) is 23.9. The second-order valence-corrected chi connectivity index (χ2v) is 9.56. The predicted octanol–water partition coefficient (Wildman–Crippen LogP) is 5.12. The number of rotatable bonds is 12. The molecule has 14 heteroatoms. The summed E-state index contributed by atoms with van der Waals surface area (Å²) in [6.45, 7) is 0.263. The Hall–Kier alpha value is -4.85. The lowest BCUT2D eigenvalue weighted by Crippen LogP contribution is -2.47. The van der Waals surface area contributed by atoms with E-state index in [2.05, 4.69) is 20.1 Å². The van der Waals surface area contributed by atoms with Crippen LogP contribution in [0.2, 0.25) is 5.02 Å². The number of nitrogens with zero attached hydrogens (tertiary/aromatic N) is 2. The van der Waals surface area contributed by atoms with Gasteiger partial charge in [0.15, 0.2) is 6.10 Å². The lowest BCUT2D eigenvalue weighted by Gasteiger charge is -2.24. The fourth-order valence-corrected chi connectivity index (χ4v) is 4.10. The van der Waals surface area contributed by atoms with Crippen molar-refractivity contribution in [1.29, 1.82) is 0 Å². The Labute approximate surface area is 254 Å². The maximum absolute atomic E-state index is 14.3. The Morgan fingerprint density at radius 3 is 2.43 bits per heavy atom. The summed E-state index contributed by atoms with van der Waals surface area (Å²) in [7, 11) is 0. The van der Waals surface area contributed by atoms with Crippen molar-refractivity contribution in [1.82, 2.24) is 15.6 Å². The lowest BCUT2D eigenvalue weighted by molar-refractivity contribution is -0.164. The van der Waals surface area contributed by atoms with Gasteiger partial charge in [0.2, 0.25) is 12.6 Å². The molecule has 1 amide bonds. The van der Waals surface area contributed by atoms with Crippen LogP contribution in [0, 0.1) is 11.6 Å². The first-order valence-electron chi connectivity index (χ1n) is 13.1. The molecule has 0 bridgehead atoms. The van der Waals surface area contributed by atoms with Gasteiger partial charge in [0.25, 0.3) is 0 Å². The summed E-state index contributed by atoms with van der Waals surface area (Å²) in [5.74, 6) is -3.28. The van der Waals surface area contributed by atoms with Crippen molar-refractivity contribution in [2.24, 2.45) is 0 Å². The third-order valence-corrected chi connectivity index (χ3v) is 6.25. The molecule has 2 N–H and O–H groups in total. The molecule has 11 nitrogen and oxygen atoms in total. The summed E-state index contributed by atoms with van der Waals surface area (Å²) in [5, 5.41) is 15.8. The number of hydrogen-bond acceptors (Lipinski definition) is 10. The van der Waals surface area contributed by atoms with Gasteiger partial charge in [0, 0.05) is 28.8 Å². The van der Waals surface area contributed by atoms with Crippen LogP contribution in [0.3, 0.4) is 0 Å². The summed E-state index contributed by atoms with van der Waals surface area (Å²) in [4.78, 5) is 36.6. The van der Waals surface area contributed by atoms with E-state index in [-0.39, 0.29) is 35.7 Å². The average Bonchev–Trinajstić information content (AvgIpc) is 3.49. The normalized spacial score (nSPS) is 11.6. The molecular weight excluding hydrogens is 604 g/mol. The van der Waals surface area contributed by atoms with E-state index in [9.17, 15) is 28.3 Å². The predicted molar refractivity (Wildman–Crippen MR) is 152 cm³/mol. The fraction of sp³-hybridized carbons (Fsp3) is 0.200. The highest BCUT2D eigenvalue weighted by atomic mass is 35.5. The number of nitrogens with one attached hydrogen (secondary N) is 1. The first kappa shape index (κ1) is 32.1. The van der Waals surface area contributed by atoms with E-state index >= 15 is 0 Å². The molecule has 0 aliphatic carbocycles. The van der Waals surface area contributed by atoms with Crippen LogP contribution in [0.5, 0.6) is 0 Å². The molecule has 3 aromatic carbocycles. The number of aromatic nitrogens is 1. The Kier molecular flexibility index (Phi) is 11.0. The van der Waals surface area contributed by atoms with E-state index in [1.54, 1.807) is 37.3 Å². The Bertz CT molecular complexity index is 1620. The minimum absolute atomic E-state index is 0.0477. The van der Waals surface area contributed by atoms with Gasteiger partial charge in [-0.3, -0.25) is 10.2 Å². The minimum Gasteiger partial charge on any atom is -0.435 e. The van der Waals surface area contributed by atoms with Crippen molar-refractivity contribution in [3.8, 4) is 22.4 Å². The highest BCUT2D eigenvalue weighted by Gasteiger charge is 2.25. The van der Waals surface area contributed by atoms with E-state index < -0.39 is 49.1 Å². The molecule has 1 atom stereocenters. The quantitative estimate of drug-likeness (QED) is 0.123. The number of amides is 1. The van der Waals surface area contributed by atoms with Gasteiger partial charge in [-0.1, -0.05) is 53.2 Å². The highest BCUT2D eigenvalue weighted by molar-refractivity contribution is 6.30. The number of carbonyl (C=O) groups excluding carboxylic acids is 3. The van der Waals surface area contributed by atoms with Crippen LogP contribution in [-0.4, -0.2) is 59.4 Å². The van der Waals surface area contributed by atoms with E-state index in [0.29, 0.717) is 16.1 Å². The summed E-state index contributed by atoms with van der Waals surface area (Å²) < 4.78 is 47.5. The zero-order chi connectivity index (χ0) is 31.6. The molecule has 0 aliphatic rings. The standard InChI is InChI=1S/C30H26ClF2N3O8/c1-2-41-30(40)43-17-42-29(39)26(37)16-36(15-18-7-9-19(10-8-18)22-13-20(31)11-12-24(22)33)34-28(38)27-14-25(35-44-27)21-5-3-4-6-23(21)32/h3-14,26,37H,2,15-17H2,1H3,(H,34,38)/t26-/m1/s1. The Balaban J connectivity index is 1.48. The molecule has 1 heterocycles. The van der Waals surface area contributed by atoms with Crippen LogP contribution >= 0.6 is 11.6 Å². The molecule has 0 spiro atoms. The number of benzene rings is 3. The van der Waals surface area contributed by atoms with Gasteiger partial charge >= 0.3 is 18.0 Å². The van der Waals surface area contributed by atoms with Crippen molar-refractivity contribution < 1.29 is 47.0 Å². The first-order valence-corrected chi connectivity index (χ1v) is 13.5. The van der Waals surface area contributed by atoms with Gasteiger partial charge in [0.1, 0.15) is 17.3 Å². The molecule has 4 aromatic rings. The van der Waals surface area contributed by atoms with Crippen LogP contribution in [0.25, 0.3) is 22.4 Å². The topological polar surface area (TPSA) is 140 Å². The van der Waals surface area contributed by atoms with Gasteiger partial charge in [-0.15, -0.1) is 0 Å². The summed E-state index contributed by atoms with van der Waals surface area (Å²) in [6.07, 6.45) is -2.86. The average molecular weight is 630 g/mol. The summed E-state index contributed by atoms with van der Waals surface area (Å²) in [5.41, 5.74) is 4.13. The first-order chi connectivity index (χ1) is 21.1. The van der Waals surface area contributed by atoms with Gasteiger partial charge in [0.05, 0.1) is 13.2 Å². The molecule has 0 radical (unpaired) electrons. The smallest absolute Gasteiger partial charge is 0.435 e. The Morgan fingerprint density at radius 2 is 1.70 bits per heavy atom. The van der Waals surface area contributed by atoms with Crippen molar-refractivity contribution in [2.45, 2.75) is 19.6 Å². The number of halogens is 3. The van der Waals surface area contributed by atoms with Crippen LogP contribution in [0.1, 0.15) is 23.0 Å². The van der Waals surface area contributed by atoms with Gasteiger partial charge < -0.3 is 23.8 Å². The molecule has 1 aromatic heterocycles. The minimum atomic E-state index is -1.80. The van der Waals surface area contributed by atoms with Crippen molar-refractivity contribution in [2.75, 3.05) is 19.9 Å². The maximum atomic E-state index is 14.3. The second-order valence-electron chi connectivity index (χ2n) is 9.12. The molecule has 44 heavy (non-hydrogen) atoms. The molecule has 0 saturated heterocycles. The van der Waals surface area contributed by atoms with Crippen molar-refractivity contribution in [3.63, 3.8) is 0 Å². The van der Waals surface area contributed by atoms with Crippen LogP contribution in [-0.2, 0) is 25.5 Å². The number of esters is 1. The van der Waals surface area contributed by atoms with Gasteiger partial charge in [-0.2, -0.15) is 0 Å². The highest BCUT2D eigenvalue weighted by Crippen LogP contribution is 2.27. The fourth-order valence-electron chi connectivity index (χ4n) is 3.93. The van der Waals surface area contributed by atoms with Gasteiger partial charge in [-0.05, 0) is 48.4 Å². The monoisotopic (exact) mass is 629 g/mol. The SMILES string of the molecule is CCOC(=O)OCOC(=O)[C@H](O)CN(Cc1ccc(-c2cc(Cl)ccc2F)cc1)NC(=O)c1cc(-c2ccccc2F)no1. The molecule has 4 rings (SSSR count). The lowest BCUT2D eigenvalue weighted by atomic mass is 10.0. The molecule has 0 aliphatic heterocycles. The summed E-state index contributed by atoms with van der Waals surface area (Å²) in [6, 6.07) is 17.8. The van der Waals surface area contributed by atoms with E-state index in [4.69, 9.17) is 20.9 Å². The number of hydrazine groups is 1. The number of aliphatic hydroxyl groups is 1. The Morgan fingerprint density at radius 1 is 0.977 bits per heavy atom. The maximum Gasteiger partial charge on any atom is 0.511 e. The third kappa shape index (κ3) is 8.60. The zero-order valence-electron chi connectivity index (χ0n) is 23.2. The molecular formula is C30H26ClF2N3O8. The third-order valence-electron chi connectivity index (χ3n) is 6.02. The number of ether oxygens (including phenoxy) is 3. The van der Waals surface area contributed by atoms with Crippen LogP contribution in [0.15, 0.2) is 77.3 Å². The summed E-state index contributed by atoms with van der Waals surface area (Å²) >= 11 is 6.01. The molecule has 230 valence electrons. The number of aliphatic hydroxyl groups excluding tert-OH is 1. The second kappa shape index (κ2) is 15.0. The number of hydrogen-bond donors (Lipinski definition) is 2. The van der Waals surface area contributed by atoms with Gasteiger partial charge in [-0.25, -0.2) is 23.4 Å². The van der Waals surface area contributed by atoms with Crippen molar-refractivity contribution in [3.05, 3.63) is 101 Å².